The van der Waals surface area contributed by atoms with E-state index in [2.05, 4.69) is 17.2 Å². The summed E-state index contributed by atoms with van der Waals surface area (Å²) in [5, 5.41) is 15.6. The van der Waals surface area contributed by atoms with Crippen LogP contribution >= 0.6 is 22.9 Å². The molecule has 0 atom stereocenters. The van der Waals surface area contributed by atoms with E-state index in [1.165, 1.54) is 11.3 Å². The summed E-state index contributed by atoms with van der Waals surface area (Å²) in [5.41, 5.74) is 0.298. The summed E-state index contributed by atoms with van der Waals surface area (Å²) in [6.07, 6.45) is 2.61. The normalized spacial score (nSPS) is 22.8. The quantitative estimate of drug-likeness (QED) is 0.800. The lowest BCUT2D eigenvalue weighted by Gasteiger charge is -2.36. The second-order valence-electron chi connectivity index (χ2n) is 6.92. The molecule has 2 aromatic rings. The molecule has 1 aromatic heterocycles. The minimum Gasteiger partial charge on any atom is -0.480 e. The number of carboxylic acids is 1. The van der Waals surface area contributed by atoms with Crippen molar-refractivity contribution in [2.24, 2.45) is 5.92 Å². The van der Waals surface area contributed by atoms with Crippen LogP contribution in [0.4, 0.5) is 0 Å². The highest BCUT2D eigenvalue weighted by Crippen LogP contribution is 2.33. The maximum atomic E-state index is 12.4. The van der Waals surface area contributed by atoms with E-state index in [1.807, 2.05) is 23.6 Å². The summed E-state index contributed by atoms with van der Waals surface area (Å²) in [6.45, 7) is 2.11. The summed E-state index contributed by atoms with van der Waals surface area (Å²) in [5.74, 6) is -0.762. The van der Waals surface area contributed by atoms with Crippen LogP contribution in [0.3, 0.4) is 0 Å². The lowest BCUT2D eigenvalue weighted by Crippen LogP contribution is -2.56. The fraction of sp³-hybridized carbons (Fsp3) is 0.421. The van der Waals surface area contributed by atoms with Gasteiger partial charge in [-0.3, -0.25) is 4.79 Å². The molecule has 0 saturated heterocycles. The average molecular weight is 393 g/mol. The van der Waals surface area contributed by atoms with E-state index >= 15 is 0 Å². The number of nitrogens with one attached hydrogen (secondary N) is 1. The Morgan fingerprint density at radius 2 is 2.04 bits per heavy atom. The van der Waals surface area contributed by atoms with Crippen molar-refractivity contribution in [3.8, 4) is 10.6 Å². The van der Waals surface area contributed by atoms with E-state index in [0.29, 0.717) is 29.5 Å². The first kappa shape index (κ1) is 18.9. The fourth-order valence-electron chi connectivity index (χ4n) is 3.27. The van der Waals surface area contributed by atoms with Crippen molar-refractivity contribution in [3.63, 3.8) is 0 Å². The zero-order valence-corrected chi connectivity index (χ0v) is 16.1. The van der Waals surface area contributed by atoms with Crippen LogP contribution in [0.15, 0.2) is 29.6 Å². The highest BCUT2D eigenvalue weighted by Gasteiger charge is 2.42. The molecule has 7 heteroatoms. The van der Waals surface area contributed by atoms with Gasteiger partial charge in [0, 0.05) is 10.9 Å². The monoisotopic (exact) mass is 392 g/mol. The zero-order chi connectivity index (χ0) is 18.7. The summed E-state index contributed by atoms with van der Waals surface area (Å²) in [6, 6.07) is 7.42. The second kappa shape index (κ2) is 7.76. The number of carbonyl (C=O) groups excluding carboxylic acids is 1. The number of carbonyl (C=O) groups is 2. The molecule has 0 spiro atoms. The van der Waals surface area contributed by atoms with Crippen molar-refractivity contribution in [1.82, 2.24) is 10.3 Å². The van der Waals surface area contributed by atoms with Crippen LogP contribution in [0.5, 0.6) is 0 Å². The summed E-state index contributed by atoms with van der Waals surface area (Å²) >= 11 is 7.61. The largest absolute Gasteiger partial charge is 0.480 e. The third kappa shape index (κ3) is 4.07. The maximum Gasteiger partial charge on any atom is 0.329 e. The summed E-state index contributed by atoms with van der Waals surface area (Å²) in [4.78, 5) is 28.7. The predicted molar refractivity (Wildman–Crippen MR) is 102 cm³/mol. The minimum absolute atomic E-state index is 0.0610. The Morgan fingerprint density at radius 1 is 1.35 bits per heavy atom. The van der Waals surface area contributed by atoms with Gasteiger partial charge >= 0.3 is 5.97 Å². The molecule has 1 heterocycles. The molecule has 1 fully saturated rings. The number of hydrogen-bond acceptors (Lipinski definition) is 4. The van der Waals surface area contributed by atoms with E-state index in [-0.39, 0.29) is 12.3 Å². The number of aromatic nitrogens is 1. The molecule has 1 aliphatic carbocycles. The second-order valence-corrected chi connectivity index (χ2v) is 8.18. The van der Waals surface area contributed by atoms with E-state index < -0.39 is 11.5 Å². The molecular formula is C19H21ClN2O3S. The maximum absolute atomic E-state index is 12.4. The molecule has 26 heavy (non-hydrogen) atoms. The molecule has 0 aliphatic heterocycles. The van der Waals surface area contributed by atoms with Gasteiger partial charge < -0.3 is 10.4 Å². The van der Waals surface area contributed by atoms with Gasteiger partial charge in [-0.2, -0.15) is 0 Å². The third-order valence-electron chi connectivity index (χ3n) is 4.91. The number of hydrogen-bond donors (Lipinski definition) is 2. The predicted octanol–water partition coefficient (Wildman–Crippen LogP) is 4.16. The number of thiazole rings is 1. The molecule has 3 rings (SSSR count). The molecule has 1 aromatic carbocycles. The number of carboxylic acid groups (broad SMARTS) is 1. The molecule has 0 unspecified atom stereocenters. The van der Waals surface area contributed by atoms with Crippen LogP contribution in [-0.4, -0.2) is 27.5 Å². The first-order chi connectivity index (χ1) is 12.4. The first-order valence-electron chi connectivity index (χ1n) is 8.63. The van der Waals surface area contributed by atoms with Gasteiger partial charge in [0.05, 0.1) is 17.1 Å². The Kier molecular flexibility index (Phi) is 5.63. The number of amides is 1. The highest BCUT2D eigenvalue weighted by atomic mass is 35.5. The van der Waals surface area contributed by atoms with Gasteiger partial charge in [-0.15, -0.1) is 11.3 Å². The smallest absolute Gasteiger partial charge is 0.329 e. The molecule has 1 aliphatic rings. The van der Waals surface area contributed by atoms with Gasteiger partial charge in [0.1, 0.15) is 10.5 Å². The molecule has 138 valence electrons. The Hall–Kier alpha value is -1.92. The number of aliphatic carboxylic acids is 1. The SMILES string of the molecule is CC1CCC(NC(=O)Cc2csc(-c3ccccc3Cl)n2)(C(=O)O)CC1. The topological polar surface area (TPSA) is 79.3 Å². The fourth-order valence-corrected chi connectivity index (χ4v) is 4.41. The van der Waals surface area contributed by atoms with E-state index in [4.69, 9.17) is 11.6 Å². The van der Waals surface area contributed by atoms with Crippen molar-refractivity contribution >= 4 is 34.8 Å². The average Bonchev–Trinajstić information content (AvgIpc) is 3.05. The molecule has 1 amide bonds. The Balaban J connectivity index is 1.68. The van der Waals surface area contributed by atoms with Crippen molar-refractivity contribution in [2.75, 3.05) is 0 Å². The van der Waals surface area contributed by atoms with E-state index in [0.717, 1.165) is 23.4 Å². The number of nitrogens with zero attached hydrogens (tertiary/aromatic N) is 1. The summed E-state index contributed by atoms with van der Waals surface area (Å²) < 4.78 is 0. The minimum atomic E-state index is -1.15. The molecular weight excluding hydrogens is 372 g/mol. The van der Waals surface area contributed by atoms with Crippen molar-refractivity contribution in [2.45, 2.75) is 44.6 Å². The number of benzene rings is 1. The number of rotatable bonds is 5. The third-order valence-corrected chi connectivity index (χ3v) is 6.17. The molecule has 1 saturated carbocycles. The van der Waals surface area contributed by atoms with Crippen LogP contribution in [0, 0.1) is 5.92 Å². The van der Waals surface area contributed by atoms with Gasteiger partial charge in [0.2, 0.25) is 5.91 Å². The lowest BCUT2D eigenvalue weighted by atomic mass is 9.77. The van der Waals surface area contributed by atoms with Crippen molar-refractivity contribution < 1.29 is 14.7 Å². The number of halogens is 1. The molecule has 2 N–H and O–H groups in total. The highest BCUT2D eigenvalue weighted by molar-refractivity contribution is 7.13. The van der Waals surface area contributed by atoms with Gasteiger partial charge in [0.25, 0.3) is 0 Å². The van der Waals surface area contributed by atoms with Crippen LogP contribution < -0.4 is 5.32 Å². The summed E-state index contributed by atoms with van der Waals surface area (Å²) in [7, 11) is 0. The van der Waals surface area contributed by atoms with Gasteiger partial charge in [0.15, 0.2) is 0 Å². The molecule has 0 bridgehead atoms. The van der Waals surface area contributed by atoms with E-state index in [1.54, 1.807) is 6.07 Å². The van der Waals surface area contributed by atoms with Crippen LogP contribution in [0.2, 0.25) is 5.02 Å². The molecule has 0 radical (unpaired) electrons. The van der Waals surface area contributed by atoms with Crippen LogP contribution in [0.1, 0.15) is 38.3 Å². The van der Waals surface area contributed by atoms with Gasteiger partial charge in [-0.05, 0) is 37.7 Å². The standard InChI is InChI=1S/C19H21ClN2O3S/c1-12-6-8-19(9-7-12,18(24)25)22-16(23)10-13-11-26-17(21-13)14-4-2-3-5-15(14)20/h2-5,11-12H,6-10H2,1H3,(H,22,23)(H,24,25). The van der Waals surface area contributed by atoms with Gasteiger partial charge in [-0.25, -0.2) is 9.78 Å². The lowest BCUT2D eigenvalue weighted by molar-refractivity contribution is -0.149. The van der Waals surface area contributed by atoms with Crippen molar-refractivity contribution in [3.05, 3.63) is 40.4 Å². The molecule has 5 nitrogen and oxygen atoms in total. The Labute approximate surface area is 161 Å². The van der Waals surface area contributed by atoms with E-state index in [9.17, 15) is 14.7 Å². The Bertz CT molecular complexity index is 813. The van der Waals surface area contributed by atoms with Crippen molar-refractivity contribution in [1.29, 1.82) is 0 Å². The van der Waals surface area contributed by atoms with Gasteiger partial charge in [-0.1, -0.05) is 36.7 Å². The van der Waals surface area contributed by atoms with Crippen LogP contribution in [-0.2, 0) is 16.0 Å². The zero-order valence-electron chi connectivity index (χ0n) is 14.5. The first-order valence-corrected chi connectivity index (χ1v) is 9.89. The Morgan fingerprint density at radius 3 is 2.69 bits per heavy atom. The van der Waals surface area contributed by atoms with Crippen LogP contribution in [0.25, 0.3) is 10.6 Å².